The van der Waals surface area contributed by atoms with Gasteiger partial charge in [-0.2, -0.15) is 11.8 Å². The van der Waals surface area contributed by atoms with Gasteiger partial charge < -0.3 is 20.5 Å². The van der Waals surface area contributed by atoms with Crippen molar-refractivity contribution in [2.24, 2.45) is 10.7 Å². The summed E-state index contributed by atoms with van der Waals surface area (Å²) >= 11 is 1.86. The monoisotopic (exact) mass is 437 g/mol. The molecule has 3 N–H and O–H groups in total. The summed E-state index contributed by atoms with van der Waals surface area (Å²) < 4.78 is 10.8. The molecular weight excluding hydrogens is 413 g/mol. The van der Waals surface area contributed by atoms with E-state index in [4.69, 9.17) is 15.2 Å². The second-order valence-corrected chi connectivity index (χ2v) is 6.33. The maximum absolute atomic E-state index is 5.99. The molecule has 0 bridgehead atoms. The van der Waals surface area contributed by atoms with Crippen molar-refractivity contribution in [2.75, 3.05) is 38.4 Å². The number of hydrogen-bond acceptors (Lipinski definition) is 4. The molecule has 124 valence electrons. The fraction of sp³-hybridized carbons (Fsp3) is 0.533. The molecule has 1 heterocycles. The van der Waals surface area contributed by atoms with Crippen LogP contribution >= 0.6 is 35.7 Å². The topological polar surface area (TPSA) is 68.9 Å². The lowest BCUT2D eigenvalue weighted by Gasteiger charge is -2.34. The van der Waals surface area contributed by atoms with E-state index in [1.807, 2.05) is 36.0 Å². The number of rotatable bonds is 5. The van der Waals surface area contributed by atoms with Crippen LogP contribution in [0.5, 0.6) is 5.75 Å². The van der Waals surface area contributed by atoms with E-state index in [1.54, 1.807) is 7.11 Å². The second kappa shape index (κ2) is 9.46. The van der Waals surface area contributed by atoms with Gasteiger partial charge in [0.25, 0.3) is 0 Å². The van der Waals surface area contributed by atoms with Crippen LogP contribution in [-0.2, 0) is 4.74 Å². The first-order valence-electron chi connectivity index (χ1n) is 7.01. The van der Waals surface area contributed by atoms with E-state index in [0.717, 1.165) is 37.5 Å². The summed E-state index contributed by atoms with van der Waals surface area (Å²) in [4.78, 5) is 4.51. The molecule has 1 aromatic carbocycles. The maximum Gasteiger partial charge on any atom is 0.193 e. The van der Waals surface area contributed by atoms with Gasteiger partial charge in [0, 0.05) is 29.7 Å². The Morgan fingerprint density at radius 2 is 2.18 bits per heavy atom. The fourth-order valence-electron chi connectivity index (χ4n) is 2.29. The number of nitrogens with two attached hydrogens (primary N) is 1. The number of methoxy groups -OCH3 is 1. The minimum Gasteiger partial charge on any atom is -0.497 e. The minimum atomic E-state index is 0. The van der Waals surface area contributed by atoms with E-state index < -0.39 is 0 Å². The largest absolute Gasteiger partial charge is 0.497 e. The molecule has 5 nitrogen and oxygen atoms in total. The van der Waals surface area contributed by atoms with Gasteiger partial charge in [-0.1, -0.05) is 6.07 Å². The number of ether oxygens (including phenoxy) is 2. The van der Waals surface area contributed by atoms with Crippen molar-refractivity contribution >= 4 is 47.4 Å². The highest BCUT2D eigenvalue weighted by molar-refractivity contribution is 14.0. The van der Waals surface area contributed by atoms with Crippen molar-refractivity contribution in [3.8, 4) is 5.75 Å². The first-order valence-corrected chi connectivity index (χ1v) is 8.24. The highest BCUT2D eigenvalue weighted by Crippen LogP contribution is 2.34. The van der Waals surface area contributed by atoms with E-state index in [2.05, 4.69) is 16.6 Å². The Kier molecular flexibility index (Phi) is 8.34. The van der Waals surface area contributed by atoms with Gasteiger partial charge in [-0.3, -0.25) is 4.99 Å². The van der Waals surface area contributed by atoms with Crippen LogP contribution in [0.15, 0.2) is 29.3 Å². The lowest BCUT2D eigenvalue weighted by Crippen LogP contribution is -2.37. The number of nitrogens with zero attached hydrogens (tertiary/aromatic N) is 1. The highest BCUT2D eigenvalue weighted by Gasteiger charge is 2.31. The number of hydrogen-bond donors (Lipinski definition) is 2. The Morgan fingerprint density at radius 3 is 2.82 bits per heavy atom. The van der Waals surface area contributed by atoms with Crippen molar-refractivity contribution in [1.29, 1.82) is 0 Å². The predicted molar refractivity (Wildman–Crippen MR) is 105 cm³/mol. The quantitative estimate of drug-likeness (QED) is 0.421. The fourth-order valence-corrected chi connectivity index (χ4v) is 3.06. The average molecular weight is 437 g/mol. The van der Waals surface area contributed by atoms with Crippen LogP contribution in [0, 0.1) is 0 Å². The molecule has 0 aliphatic carbocycles. The zero-order chi connectivity index (χ0) is 15.1. The van der Waals surface area contributed by atoms with Gasteiger partial charge in [-0.05, 0) is 31.2 Å². The number of aliphatic imine (C=N–C) groups is 1. The summed E-state index contributed by atoms with van der Waals surface area (Å²) in [7, 11) is 1.64. The molecule has 1 aliphatic rings. The molecule has 1 aromatic rings. The first-order chi connectivity index (χ1) is 10.2. The highest BCUT2D eigenvalue weighted by atomic mass is 127. The zero-order valence-corrected chi connectivity index (χ0v) is 16.1. The Labute approximate surface area is 153 Å². The van der Waals surface area contributed by atoms with Crippen LogP contribution in [-0.4, -0.2) is 43.8 Å². The maximum atomic E-state index is 5.99. The standard InChI is InChI=1S/C15H23N3O2S.HI/c1-19-13-5-3-4-12(10-13)18-14(16)17-11-15(21-2)6-8-20-9-7-15;/h3-5,10H,6-9,11H2,1-2H3,(H3,16,17,18);1H. The summed E-state index contributed by atoms with van der Waals surface area (Å²) in [5.41, 5.74) is 6.86. The van der Waals surface area contributed by atoms with Crippen molar-refractivity contribution in [1.82, 2.24) is 0 Å². The summed E-state index contributed by atoms with van der Waals surface area (Å²) in [6.07, 6.45) is 4.17. The van der Waals surface area contributed by atoms with Crippen molar-refractivity contribution in [3.63, 3.8) is 0 Å². The van der Waals surface area contributed by atoms with E-state index >= 15 is 0 Å². The predicted octanol–water partition coefficient (Wildman–Crippen LogP) is 2.95. The molecule has 0 radical (unpaired) electrons. The third-order valence-electron chi connectivity index (χ3n) is 3.72. The summed E-state index contributed by atoms with van der Waals surface area (Å²) in [6.45, 7) is 2.32. The molecule has 1 saturated heterocycles. The third-order valence-corrected chi connectivity index (χ3v) is 5.12. The molecule has 0 unspecified atom stereocenters. The van der Waals surface area contributed by atoms with Crippen LogP contribution in [0.3, 0.4) is 0 Å². The number of halogens is 1. The molecular formula is C15H24IN3O2S. The Morgan fingerprint density at radius 1 is 1.45 bits per heavy atom. The number of thioether (sulfide) groups is 1. The van der Waals surface area contributed by atoms with E-state index in [1.165, 1.54) is 0 Å². The zero-order valence-electron chi connectivity index (χ0n) is 13.0. The molecule has 0 atom stereocenters. The first kappa shape index (κ1) is 19.4. The molecule has 1 aliphatic heterocycles. The molecule has 0 aromatic heterocycles. The molecule has 1 fully saturated rings. The summed E-state index contributed by atoms with van der Waals surface area (Å²) in [5.74, 6) is 1.22. The lowest BCUT2D eigenvalue weighted by molar-refractivity contribution is 0.0794. The molecule has 0 saturated carbocycles. The van der Waals surface area contributed by atoms with E-state index in [0.29, 0.717) is 12.5 Å². The minimum absolute atomic E-state index is 0. The molecule has 0 amide bonds. The lowest BCUT2D eigenvalue weighted by atomic mass is 9.99. The van der Waals surface area contributed by atoms with Gasteiger partial charge in [-0.15, -0.1) is 24.0 Å². The normalized spacial score (nSPS) is 17.5. The third kappa shape index (κ3) is 5.51. The van der Waals surface area contributed by atoms with Crippen LogP contribution in [0.4, 0.5) is 5.69 Å². The molecule has 7 heteroatoms. The van der Waals surface area contributed by atoms with E-state index in [9.17, 15) is 0 Å². The van der Waals surface area contributed by atoms with Gasteiger partial charge in [0.1, 0.15) is 5.75 Å². The summed E-state index contributed by atoms with van der Waals surface area (Å²) in [6, 6.07) is 7.63. The molecule has 0 spiro atoms. The van der Waals surface area contributed by atoms with Crippen molar-refractivity contribution in [2.45, 2.75) is 17.6 Å². The van der Waals surface area contributed by atoms with Gasteiger partial charge in [0.2, 0.25) is 0 Å². The van der Waals surface area contributed by atoms with Crippen molar-refractivity contribution in [3.05, 3.63) is 24.3 Å². The van der Waals surface area contributed by atoms with Gasteiger partial charge in [-0.25, -0.2) is 0 Å². The van der Waals surface area contributed by atoms with Crippen LogP contribution in [0.2, 0.25) is 0 Å². The van der Waals surface area contributed by atoms with Crippen LogP contribution in [0.1, 0.15) is 12.8 Å². The Bertz CT molecular complexity index is 493. The SMILES string of the molecule is COc1cccc(NC(N)=NCC2(SC)CCOCC2)c1.I. The van der Waals surface area contributed by atoms with Crippen LogP contribution in [0.25, 0.3) is 0 Å². The number of anilines is 1. The second-order valence-electron chi connectivity index (χ2n) is 5.06. The molecule has 22 heavy (non-hydrogen) atoms. The smallest absolute Gasteiger partial charge is 0.193 e. The van der Waals surface area contributed by atoms with Gasteiger partial charge >= 0.3 is 0 Å². The molecule has 2 rings (SSSR count). The average Bonchev–Trinajstić information content (AvgIpc) is 2.54. The Balaban J connectivity index is 0.00000242. The Hall–Kier alpha value is -0.670. The van der Waals surface area contributed by atoms with Gasteiger partial charge in [0.05, 0.1) is 13.7 Å². The number of guanidine groups is 1. The van der Waals surface area contributed by atoms with Gasteiger partial charge in [0.15, 0.2) is 5.96 Å². The van der Waals surface area contributed by atoms with Crippen molar-refractivity contribution < 1.29 is 9.47 Å². The summed E-state index contributed by atoms with van der Waals surface area (Å²) in [5, 5.41) is 3.10. The number of benzene rings is 1. The number of nitrogens with one attached hydrogen (secondary N) is 1. The van der Waals surface area contributed by atoms with E-state index in [-0.39, 0.29) is 28.7 Å². The van der Waals surface area contributed by atoms with Crippen LogP contribution < -0.4 is 15.8 Å².